The molecule has 0 amide bonds. The fourth-order valence-corrected chi connectivity index (χ4v) is 0.313. The number of rotatable bonds is 0. The van der Waals surface area contributed by atoms with E-state index in [9.17, 15) is 4.79 Å². The van der Waals surface area contributed by atoms with Gasteiger partial charge in [0.2, 0.25) is 5.24 Å². The standard InChI is InChI=1S/C5H5N.C2H3ClO.C2H6/c1-2-4-6-5-3-1;1-2(3)4;1-2/h1-5H;1H3;1-2H3. The van der Waals surface area contributed by atoms with Gasteiger partial charge in [-0.25, -0.2) is 0 Å². The van der Waals surface area contributed by atoms with Crippen LogP contribution in [0.3, 0.4) is 0 Å². The van der Waals surface area contributed by atoms with Gasteiger partial charge in [-0.15, -0.1) is 0 Å². The Balaban J connectivity index is 0. The molecule has 1 aromatic rings. The van der Waals surface area contributed by atoms with Crippen LogP contribution in [0.25, 0.3) is 0 Å². The molecule has 3 heteroatoms. The Morgan fingerprint density at radius 3 is 1.58 bits per heavy atom. The van der Waals surface area contributed by atoms with E-state index in [1.807, 2.05) is 32.0 Å². The molecule has 0 aliphatic rings. The molecule has 0 aromatic carbocycles. The molecule has 0 unspecified atom stereocenters. The molecule has 0 saturated carbocycles. The molecular formula is C9H14ClNO. The highest BCUT2D eigenvalue weighted by Gasteiger charge is 1.67. The van der Waals surface area contributed by atoms with E-state index in [0.717, 1.165) is 0 Å². The first-order valence-electron chi connectivity index (χ1n) is 3.74. The molecule has 12 heavy (non-hydrogen) atoms. The lowest BCUT2D eigenvalue weighted by molar-refractivity contribution is -0.109. The number of halogens is 1. The fourth-order valence-electron chi connectivity index (χ4n) is 0.313. The van der Waals surface area contributed by atoms with Crippen molar-refractivity contribution < 1.29 is 4.79 Å². The van der Waals surface area contributed by atoms with Crippen molar-refractivity contribution in [2.24, 2.45) is 0 Å². The third-order valence-electron chi connectivity index (χ3n) is 0.566. The van der Waals surface area contributed by atoms with Gasteiger partial charge in [0.05, 0.1) is 0 Å². The van der Waals surface area contributed by atoms with Crippen LogP contribution in [-0.4, -0.2) is 10.2 Å². The number of aromatic nitrogens is 1. The van der Waals surface area contributed by atoms with E-state index in [4.69, 9.17) is 0 Å². The van der Waals surface area contributed by atoms with E-state index in [2.05, 4.69) is 16.6 Å². The molecule has 0 fully saturated rings. The maximum atomic E-state index is 9.21. The van der Waals surface area contributed by atoms with E-state index in [-0.39, 0.29) is 5.24 Å². The molecular weight excluding hydrogens is 174 g/mol. The van der Waals surface area contributed by atoms with Crippen LogP contribution in [0.5, 0.6) is 0 Å². The highest BCUT2D eigenvalue weighted by atomic mass is 35.5. The van der Waals surface area contributed by atoms with E-state index in [1.165, 1.54) is 6.92 Å². The maximum Gasteiger partial charge on any atom is 0.218 e. The predicted molar refractivity (Wildman–Crippen MR) is 52.1 cm³/mol. The highest BCUT2D eigenvalue weighted by molar-refractivity contribution is 6.62. The number of carbonyl (C=O) groups is 1. The first kappa shape index (κ1) is 13.7. The minimum Gasteiger partial charge on any atom is -0.282 e. The molecule has 0 radical (unpaired) electrons. The molecule has 0 bridgehead atoms. The van der Waals surface area contributed by atoms with Crippen LogP contribution in [0, 0.1) is 0 Å². The Morgan fingerprint density at radius 2 is 1.50 bits per heavy atom. The summed E-state index contributed by atoms with van der Waals surface area (Å²) in [6.07, 6.45) is 3.50. The summed E-state index contributed by atoms with van der Waals surface area (Å²) in [5, 5.41) is -0.361. The zero-order valence-electron chi connectivity index (χ0n) is 7.62. The number of pyridine rings is 1. The van der Waals surface area contributed by atoms with Crippen LogP contribution in [0.15, 0.2) is 30.6 Å². The molecule has 0 saturated heterocycles. The normalized spacial score (nSPS) is 6.67. The lowest BCUT2D eigenvalue weighted by atomic mass is 10.5. The van der Waals surface area contributed by atoms with Crippen molar-refractivity contribution in [2.75, 3.05) is 0 Å². The van der Waals surface area contributed by atoms with Crippen molar-refractivity contribution in [3.63, 3.8) is 0 Å². The molecule has 0 spiro atoms. The summed E-state index contributed by atoms with van der Waals surface area (Å²) in [6.45, 7) is 5.29. The Morgan fingerprint density at radius 1 is 1.17 bits per heavy atom. The van der Waals surface area contributed by atoms with Crippen molar-refractivity contribution in [1.29, 1.82) is 0 Å². The summed E-state index contributed by atoms with van der Waals surface area (Å²) in [5.74, 6) is 0. The lowest BCUT2D eigenvalue weighted by Gasteiger charge is -1.70. The van der Waals surface area contributed by atoms with Crippen LogP contribution >= 0.6 is 11.6 Å². The molecule has 0 N–H and O–H groups in total. The van der Waals surface area contributed by atoms with Gasteiger partial charge < -0.3 is 0 Å². The number of hydrogen-bond acceptors (Lipinski definition) is 2. The molecule has 0 aliphatic heterocycles. The average molecular weight is 188 g/mol. The van der Waals surface area contributed by atoms with Crippen LogP contribution in [-0.2, 0) is 4.79 Å². The Labute approximate surface area is 78.6 Å². The summed E-state index contributed by atoms with van der Waals surface area (Å²) in [6, 6.07) is 5.72. The van der Waals surface area contributed by atoms with Gasteiger partial charge in [-0.3, -0.25) is 9.78 Å². The van der Waals surface area contributed by atoms with Gasteiger partial charge in [0.25, 0.3) is 0 Å². The Hall–Kier alpha value is -0.890. The quantitative estimate of drug-likeness (QED) is 0.585. The molecule has 1 rings (SSSR count). The summed E-state index contributed by atoms with van der Waals surface area (Å²) in [7, 11) is 0. The van der Waals surface area contributed by atoms with Gasteiger partial charge in [0.1, 0.15) is 0 Å². The van der Waals surface area contributed by atoms with Crippen LogP contribution in [0.1, 0.15) is 20.8 Å². The molecule has 1 heterocycles. The maximum absolute atomic E-state index is 9.21. The largest absolute Gasteiger partial charge is 0.282 e. The SMILES string of the molecule is CC.CC(=O)Cl.c1ccncc1. The van der Waals surface area contributed by atoms with Crippen molar-refractivity contribution in [2.45, 2.75) is 20.8 Å². The molecule has 0 aliphatic carbocycles. The second-order valence-electron chi connectivity index (χ2n) is 1.49. The molecule has 0 atom stereocenters. The van der Waals surface area contributed by atoms with Crippen molar-refractivity contribution in [3.05, 3.63) is 30.6 Å². The van der Waals surface area contributed by atoms with E-state index < -0.39 is 0 Å². The van der Waals surface area contributed by atoms with Gasteiger partial charge >= 0.3 is 0 Å². The minimum absolute atomic E-state index is 0.361. The third kappa shape index (κ3) is 22.9. The first-order chi connectivity index (χ1) is 5.73. The number of nitrogens with zero attached hydrogens (tertiary/aromatic N) is 1. The van der Waals surface area contributed by atoms with Gasteiger partial charge in [0.15, 0.2) is 0 Å². The Bertz CT molecular complexity index is 146. The van der Waals surface area contributed by atoms with Crippen LogP contribution < -0.4 is 0 Å². The van der Waals surface area contributed by atoms with E-state index in [1.54, 1.807) is 12.4 Å². The highest BCUT2D eigenvalue weighted by Crippen LogP contribution is 1.73. The second-order valence-corrected chi connectivity index (χ2v) is 2.03. The summed E-state index contributed by atoms with van der Waals surface area (Å²) < 4.78 is 0. The van der Waals surface area contributed by atoms with E-state index in [0.29, 0.717) is 0 Å². The average Bonchev–Trinajstić information content (AvgIpc) is 2.10. The zero-order valence-corrected chi connectivity index (χ0v) is 8.38. The van der Waals surface area contributed by atoms with Crippen molar-refractivity contribution in [1.82, 2.24) is 4.98 Å². The number of hydrogen-bond donors (Lipinski definition) is 0. The monoisotopic (exact) mass is 187 g/mol. The summed E-state index contributed by atoms with van der Waals surface area (Å²) >= 11 is 4.64. The van der Waals surface area contributed by atoms with Gasteiger partial charge in [-0.2, -0.15) is 0 Å². The zero-order chi connectivity index (χ0) is 9.82. The molecule has 1 aromatic heterocycles. The van der Waals surface area contributed by atoms with Gasteiger partial charge in [-0.05, 0) is 23.7 Å². The first-order valence-corrected chi connectivity index (χ1v) is 4.12. The van der Waals surface area contributed by atoms with Crippen LogP contribution in [0.2, 0.25) is 0 Å². The lowest BCUT2D eigenvalue weighted by Crippen LogP contribution is -1.62. The summed E-state index contributed by atoms with van der Waals surface area (Å²) in [4.78, 5) is 13.0. The smallest absolute Gasteiger partial charge is 0.218 e. The van der Waals surface area contributed by atoms with Crippen molar-refractivity contribution in [3.8, 4) is 0 Å². The third-order valence-corrected chi connectivity index (χ3v) is 0.566. The Kier molecular flexibility index (Phi) is 14.5. The topological polar surface area (TPSA) is 30.0 Å². The number of carbonyl (C=O) groups excluding carboxylic acids is 1. The molecule has 2 nitrogen and oxygen atoms in total. The van der Waals surface area contributed by atoms with E-state index >= 15 is 0 Å². The van der Waals surface area contributed by atoms with Gasteiger partial charge in [0, 0.05) is 19.3 Å². The van der Waals surface area contributed by atoms with Gasteiger partial charge in [-0.1, -0.05) is 19.9 Å². The predicted octanol–water partition coefficient (Wildman–Crippen LogP) is 2.88. The minimum atomic E-state index is -0.361. The molecule has 68 valence electrons. The fraction of sp³-hybridized carbons (Fsp3) is 0.333. The summed E-state index contributed by atoms with van der Waals surface area (Å²) in [5.41, 5.74) is 0. The van der Waals surface area contributed by atoms with Crippen LogP contribution in [0.4, 0.5) is 0 Å². The van der Waals surface area contributed by atoms with Crippen molar-refractivity contribution >= 4 is 16.8 Å². The second kappa shape index (κ2) is 12.8.